The van der Waals surface area contributed by atoms with Crippen LogP contribution < -0.4 is 5.32 Å². The molecule has 1 aromatic carbocycles. The standard InChI is InChI=1S/C16H16N4O3S/c1-10(2)24(22)13-5-3-11(4-6-13)15(21)18-16-17-14(19-20-16)12-7-8-23-9-12/h3-10H,1-2H3,(H2,17,18,19,20,21). The number of carbonyl (C=O) groups is 1. The van der Waals surface area contributed by atoms with Crippen LogP contribution in [-0.2, 0) is 10.8 Å². The number of hydrogen-bond acceptors (Lipinski definition) is 5. The second-order valence-corrected chi connectivity index (χ2v) is 7.35. The maximum atomic E-state index is 12.2. The average Bonchev–Trinajstić information content (AvgIpc) is 3.25. The lowest BCUT2D eigenvalue weighted by Gasteiger charge is -2.06. The highest BCUT2D eigenvalue weighted by atomic mass is 32.2. The fourth-order valence-corrected chi connectivity index (χ4v) is 2.98. The summed E-state index contributed by atoms with van der Waals surface area (Å²) in [6.07, 6.45) is 3.05. The summed E-state index contributed by atoms with van der Waals surface area (Å²) in [6.45, 7) is 3.77. The number of hydrogen-bond donors (Lipinski definition) is 2. The molecule has 124 valence electrons. The Morgan fingerprint density at radius 2 is 2.00 bits per heavy atom. The molecule has 0 spiro atoms. The number of nitrogens with one attached hydrogen (secondary N) is 2. The zero-order valence-electron chi connectivity index (χ0n) is 13.1. The van der Waals surface area contributed by atoms with E-state index in [1.807, 2.05) is 13.8 Å². The van der Waals surface area contributed by atoms with E-state index in [4.69, 9.17) is 4.42 Å². The third-order valence-corrected chi connectivity index (χ3v) is 4.88. The quantitative estimate of drug-likeness (QED) is 0.741. The molecule has 7 nitrogen and oxygen atoms in total. The first kappa shape index (κ1) is 16.1. The van der Waals surface area contributed by atoms with Gasteiger partial charge in [0.25, 0.3) is 5.91 Å². The van der Waals surface area contributed by atoms with Crippen molar-refractivity contribution in [2.45, 2.75) is 24.0 Å². The van der Waals surface area contributed by atoms with Crippen molar-refractivity contribution in [1.29, 1.82) is 0 Å². The van der Waals surface area contributed by atoms with Crippen LogP contribution in [0.5, 0.6) is 0 Å². The molecule has 0 aliphatic heterocycles. The molecule has 3 aromatic rings. The number of rotatable bonds is 5. The molecule has 8 heteroatoms. The molecule has 1 unspecified atom stereocenters. The topological polar surface area (TPSA) is 101 Å². The van der Waals surface area contributed by atoms with Crippen LogP contribution in [0.3, 0.4) is 0 Å². The van der Waals surface area contributed by atoms with Gasteiger partial charge >= 0.3 is 0 Å². The summed E-state index contributed by atoms with van der Waals surface area (Å²) < 4.78 is 17.0. The minimum atomic E-state index is -1.08. The van der Waals surface area contributed by atoms with E-state index in [1.165, 1.54) is 12.5 Å². The molecule has 3 rings (SSSR count). The van der Waals surface area contributed by atoms with Crippen LogP contribution in [0.15, 0.2) is 52.2 Å². The van der Waals surface area contributed by atoms with Crippen molar-refractivity contribution >= 4 is 22.7 Å². The van der Waals surface area contributed by atoms with E-state index in [0.717, 1.165) is 5.56 Å². The van der Waals surface area contributed by atoms with Gasteiger partial charge in [-0.2, -0.15) is 4.98 Å². The number of aromatic amines is 1. The lowest BCUT2D eigenvalue weighted by molar-refractivity contribution is 0.102. The third kappa shape index (κ3) is 3.43. The van der Waals surface area contributed by atoms with Crippen LogP contribution in [0, 0.1) is 0 Å². The monoisotopic (exact) mass is 344 g/mol. The van der Waals surface area contributed by atoms with Gasteiger partial charge in [0.05, 0.1) is 22.6 Å². The van der Waals surface area contributed by atoms with E-state index in [0.29, 0.717) is 16.3 Å². The number of amides is 1. The Hall–Kier alpha value is -2.74. The van der Waals surface area contributed by atoms with E-state index in [9.17, 15) is 9.00 Å². The Labute approximate surface area is 141 Å². The summed E-state index contributed by atoms with van der Waals surface area (Å²) >= 11 is 0. The van der Waals surface area contributed by atoms with E-state index >= 15 is 0 Å². The van der Waals surface area contributed by atoms with E-state index in [1.54, 1.807) is 30.3 Å². The number of anilines is 1. The van der Waals surface area contributed by atoms with Gasteiger partial charge in [-0.25, -0.2) is 0 Å². The normalized spacial score (nSPS) is 12.3. The molecular formula is C16H16N4O3S. The fourth-order valence-electron chi connectivity index (χ4n) is 2.03. The van der Waals surface area contributed by atoms with Gasteiger partial charge < -0.3 is 4.42 Å². The molecule has 2 heterocycles. The predicted octanol–water partition coefficient (Wildman–Crippen LogP) is 2.83. The number of benzene rings is 1. The van der Waals surface area contributed by atoms with Crippen molar-refractivity contribution in [2.75, 3.05) is 5.32 Å². The summed E-state index contributed by atoms with van der Waals surface area (Å²) in [5.74, 6) is 0.336. The molecule has 2 N–H and O–H groups in total. The number of furan rings is 1. The van der Waals surface area contributed by atoms with Crippen molar-refractivity contribution in [2.24, 2.45) is 0 Å². The van der Waals surface area contributed by atoms with Gasteiger partial charge in [-0.05, 0) is 30.3 Å². The first-order chi connectivity index (χ1) is 11.5. The van der Waals surface area contributed by atoms with Crippen LogP contribution in [0.4, 0.5) is 5.95 Å². The van der Waals surface area contributed by atoms with Gasteiger partial charge in [0.2, 0.25) is 5.95 Å². The Morgan fingerprint density at radius 1 is 1.25 bits per heavy atom. The molecular weight excluding hydrogens is 328 g/mol. The summed E-state index contributed by atoms with van der Waals surface area (Å²) in [6, 6.07) is 8.39. The van der Waals surface area contributed by atoms with Crippen LogP contribution in [-0.4, -0.2) is 30.5 Å². The zero-order chi connectivity index (χ0) is 17.1. The Balaban J connectivity index is 1.70. The van der Waals surface area contributed by atoms with E-state index < -0.39 is 10.8 Å². The molecule has 24 heavy (non-hydrogen) atoms. The molecule has 1 atom stereocenters. The largest absolute Gasteiger partial charge is 0.472 e. The van der Waals surface area contributed by atoms with E-state index in [2.05, 4.69) is 20.5 Å². The number of nitrogens with zero attached hydrogens (tertiary/aromatic N) is 2. The zero-order valence-corrected chi connectivity index (χ0v) is 14.0. The predicted molar refractivity (Wildman–Crippen MR) is 90.0 cm³/mol. The molecule has 0 saturated carbocycles. The summed E-state index contributed by atoms with van der Waals surface area (Å²) in [7, 11) is -1.08. The van der Waals surface area contributed by atoms with Gasteiger partial charge in [-0.3, -0.25) is 19.4 Å². The maximum absolute atomic E-state index is 12.2. The smallest absolute Gasteiger partial charge is 0.258 e. The molecule has 0 bridgehead atoms. The van der Waals surface area contributed by atoms with Gasteiger partial charge in [-0.15, -0.1) is 5.10 Å². The highest BCUT2D eigenvalue weighted by Gasteiger charge is 2.13. The molecule has 2 aromatic heterocycles. The number of aromatic nitrogens is 3. The lowest BCUT2D eigenvalue weighted by Crippen LogP contribution is -2.13. The highest BCUT2D eigenvalue weighted by Crippen LogP contribution is 2.17. The van der Waals surface area contributed by atoms with Crippen LogP contribution in [0.2, 0.25) is 0 Å². The van der Waals surface area contributed by atoms with Crippen molar-refractivity contribution in [3.8, 4) is 11.4 Å². The molecule has 0 saturated heterocycles. The molecule has 0 radical (unpaired) electrons. The van der Waals surface area contributed by atoms with Crippen molar-refractivity contribution in [3.63, 3.8) is 0 Å². The highest BCUT2D eigenvalue weighted by molar-refractivity contribution is 7.85. The van der Waals surface area contributed by atoms with Gasteiger partial charge in [-0.1, -0.05) is 13.8 Å². The minimum absolute atomic E-state index is 0.0271. The third-order valence-electron chi connectivity index (χ3n) is 3.28. The summed E-state index contributed by atoms with van der Waals surface area (Å²) in [5.41, 5.74) is 1.18. The first-order valence-electron chi connectivity index (χ1n) is 7.31. The molecule has 0 fully saturated rings. The van der Waals surface area contributed by atoms with E-state index in [-0.39, 0.29) is 17.1 Å². The van der Waals surface area contributed by atoms with Crippen LogP contribution in [0.25, 0.3) is 11.4 Å². The fraction of sp³-hybridized carbons (Fsp3) is 0.188. The second-order valence-electron chi connectivity index (χ2n) is 5.34. The average molecular weight is 344 g/mol. The molecule has 0 aliphatic carbocycles. The van der Waals surface area contributed by atoms with Gasteiger partial charge in [0.15, 0.2) is 5.82 Å². The van der Waals surface area contributed by atoms with Gasteiger partial charge in [0, 0.05) is 15.7 Å². The van der Waals surface area contributed by atoms with Crippen LogP contribution in [0.1, 0.15) is 24.2 Å². The first-order valence-corrected chi connectivity index (χ1v) is 8.53. The van der Waals surface area contributed by atoms with Crippen LogP contribution >= 0.6 is 0 Å². The SMILES string of the molecule is CC(C)S(=O)c1ccc(C(=O)Nc2n[nH]c(-c3ccoc3)n2)cc1. The second kappa shape index (κ2) is 6.79. The number of carbonyl (C=O) groups excluding carboxylic acids is 1. The lowest BCUT2D eigenvalue weighted by atomic mass is 10.2. The van der Waals surface area contributed by atoms with Crippen molar-refractivity contribution in [3.05, 3.63) is 48.4 Å². The Morgan fingerprint density at radius 3 is 2.62 bits per heavy atom. The molecule has 0 aliphatic rings. The minimum Gasteiger partial charge on any atom is -0.472 e. The summed E-state index contributed by atoms with van der Waals surface area (Å²) in [5, 5.41) is 9.31. The summed E-state index contributed by atoms with van der Waals surface area (Å²) in [4.78, 5) is 17.1. The Kier molecular flexibility index (Phi) is 4.57. The molecule has 1 amide bonds. The van der Waals surface area contributed by atoms with Crippen molar-refractivity contribution < 1.29 is 13.4 Å². The Bertz CT molecular complexity index is 854. The maximum Gasteiger partial charge on any atom is 0.258 e. The van der Waals surface area contributed by atoms with Crippen molar-refractivity contribution in [1.82, 2.24) is 15.2 Å². The number of H-pyrrole nitrogens is 1. The van der Waals surface area contributed by atoms with Gasteiger partial charge in [0.1, 0.15) is 6.26 Å².